The third kappa shape index (κ3) is 1.59. The summed E-state index contributed by atoms with van der Waals surface area (Å²) in [6.07, 6.45) is 0.542. The molecule has 0 fully saturated rings. The Bertz CT molecular complexity index is 209. The van der Waals surface area contributed by atoms with Gasteiger partial charge in [-0.1, -0.05) is 0 Å². The van der Waals surface area contributed by atoms with Gasteiger partial charge in [-0.05, 0) is 22.0 Å². The molecule has 1 rings (SSSR count). The molecule has 0 radical (unpaired) electrons. The summed E-state index contributed by atoms with van der Waals surface area (Å²) in [6, 6.07) is 1.61. The number of hydrogen-bond acceptors (Lipinski definition) is 3. The van der Waals surface area contributed by atoms with Gasteiger partial charge in [-0.25, -0.2) is 0 Å². The quantitative estimate of drug-likeness (QED) is 0.762. The molecule has 3 nitrogen and oxygen atoms in total. The average molecular weight is 207 g/mol. The lowest BCUT2D eigenvalue weighted by Gasteiger charge is -1.99. The molecule has 0 aromatic carbocycles. The Balaban J connectivity index is 2.74. The molecule has 1 aromatic rings. The Hall–Kier alpha value is -0.320. The third-order valence-corrected chi connectivity index (χ3v) is 1.50. The molecular weight excluding hydrogens is 200 g/mol. The van der Waals surface area contributed by atoms with E-state index in [1.165, 1.54) is 6.26 Å². The zero-order chi connectivity index (χ0) is 7.56. The van der Waals surface area contributed by atoms with Gasteiger partial charge in [-0.2, -0.15) is 0 Å². The van der Waals surface area contributed by atoms with Crippen molar-refractivity contribution in [1.29, 1.82) is 0 Å². The molecule has 2 N–H and O–H groups in total. The lowest BCUT2D eigenvalue weighted by atomic mass is 10.3. The summed E-state index contributed by atoms with van der Waals surface area (Å²) in [4.78, 5) is 0. The van der Waals surface area contributed by atoms with E-state index in [-0.39, 0.29) is 6.61 Å². The second-order valence-electron chi connectivity index (χ2n) is 1.87. The van der Waals surface area contributed by atoms with Gasteiger partial charge in [-0.15, -0.1) is 0 Å². The fraction of sp³-hybridized carbons (Fsp3) is 0.333. The molecule has 1 atom stereocenters. The van der Waals surface area contributed by atoms with Gasteiger partial charge >= 0.3 is 0 Å². The van der Waals surface area contributed by atoms with E-state index in [0.717, 1.165) is 4.47 Å². The molecule has 1 heterocycles. The van der Waals surface area contributed by atoms with Crippen LogP contribution in [0.25, 0.3) is 0 Å². The van der Waals surface area contributed by atoms with E-state index >= 15 is 0 Å². The molecule has 10 heavy (non-hydrogen) atoms. The first kappa shape index (κ1) is 7.78. The van der Waals surface area contributed by atoms with Crippen LogP contribution in [0.2, 0.25) is 0 Å². The van der Waals surface area contributed by atoms with Gasteiger partial charge in [0.2, 0.25) is 0 Å². The fourth-order valence-corrected chi connectivity index (χ4v) is 0.912. The first-order chi connectivity index (χ1) is 4.74. The van der Waals surface area contributed by atoms with Gasteiger partial charge in [0.05, 0.1) is 11.1 Å². The van der Waals surface area contributed by atoms with Gasteiger partial charge in [0.1, 0.15) is 18.1 Å². The molecule has 0 aliphatic heterocycles. The van der Waals surface area contributed by atoms with Crippen LogP contribution in [0.15, 0.2) is 21.2 Å². The van der Waals surface area contributed by atoms with E-state index < -0.39 is 6.10 Å². The minimum atomic E-state index is -0.911. The molecule has 0 saturated heterocycles. The van der Waals surface area contributed by atoms with Gasteiger partial charge in [0, 0.05) is 0 Å². The van der Waals surface area contributed by atoms with Crippen molar-refractivity contribution in [3.63, 3.8) is 0 Å². The highest BCUT2D eigenvalue weighted by atomic mass is 79.9. The van der Waals surface area contributed by atoms with Crippen molar-refractivity contribution in [2.45, 2.75) is 6.10 Å². The second-order valence-corrected chi connectivity index (χ2v) is 2.78. The summed E-state index contributed by atoms with van der Waals surface area (Å²) in [5.74, 6) is 0.370. The number of furan rings is 1. The highest BCUT2D eigenvalue weighted by molar-refractivity contribution is 9.10. The van der Waals surface area contributed by atoms with E-state index in [1.54, 1.807) is 6.07 Å². The Labute approximate surface area is 66.4 Å². The molecule has 0 saturated carbocycles. The Morgan fingerprint density at radius 1 is 1.70 bits per heavy atom. The summed E-state index contributed by atoms with van der Waals surface area (Å²) >= 11 is 3.14. The van der Waals surface area contributed by atoms with Crippen LogP contribution < -0.4 is 0 Å². The number of hydrogen-bond donors (Lipinski definition) is 2. The van der Waals surface area contributed by atoms with E-state index in [4.69, 9.17) is 14.6 Å². The van der Waals surface area contributed by atoms with Crippen molar-refractivity contribution in [3.8, 4) is 0 Å². The highest BCUT2D eigenvalue weighted by Gasteiger charge is 2.09. The van der Waals surface area contributed by atoms with Crippen molar-refractivity contribution < 1.29 is 14.6 Å². The van der Waals surface area contributed by atoms with Crippen molar-refractivity contribution in [2.75, 3.05) is 6.61 Å². The maximum absolute atomic E-state index is 8.98. The summed E-state index contributed by atoms with van der Waals surface area (Å²) in [6.45, 7) is -0.319. The molecule has 0 bridgehead atoms. The topological polar surface area (TPSA) is 53.6 Å². The Morgan fingerprint density at radius 3 is 2.80 bits per heavy atom. The lowest BCUT2D eigenvalue weighted by molar-refractivity contribution is 0.0776. The first-order valence-electron chi connectivity index (χ1n) is 2.77. The molecule has 0 spiro atoms. The normalized spacial score (nSPS) is 13.5. The second kappa shape index (κ2) is 3.18. The lowest BCUT2D eigenvalue weighted by Crippen LogP contribution is -1.99. The molecule has 1 unspecified atom stereocenters. The minimum absolute atomic E-state index is 0.319. The number of aliphatic hydroxyl groups is 2. The molecule has 0 aliphatic rings. The summed E-state index contributed by atoms with van der Waals surface area (Å²) in [7, 11) is 0. The monoisotopic (exact) mass is 206 g/mol. The maximum Gasteiger partial charge on any atom is 0.135 e. The summed E-state index contributed by atoms with van der Waals surface area (Å²) in [5.41, 5.74) is 0. The Morgan fingerprint density at radius 2 is 2.40 bits per heavy atom. The van der Waals surface area contributed by atoms with Crippen LogP contribution in [-0.2, 0) is 0 Å². The van der Waals surface area contributed by atoms with E-state index in [2.05, 4.69) is 15.9 Å². The van der Waals surface area contributed by atoms with Crippen LogP contribution in [0, 0.1) is 0 Å². The van der Waals surface area contributed by atoms with Crippen molar-refractivity contribution in [1.82, 2.24) is 0 Å². The Kier molecular flexibility index (Phi) is 2.48. The van der Waals surface area contributed by atoms with Crippen LogP contribution in [0.3, 0.4) is 0 Å². The average Bonchev–Trinajstić information content (AvgIpc) is 2.34. The van der Waals surface area contributed by atoms with E-state index in [1.807, 2.05) is 0 Å². The number of aliphatic hydroxyl groups excluding tert-OH is 2. The smallest absolute Gasteiger partial charge is 0.135 e. The maximum atomic E-state index is 8.98. The van der Waals surface area contributed by atoms with Crippen molar-refractivity contribution in [3.05, 3.63) is 22.6 Å². The molecular formula is C6H7BrO3. The highest BCUT2D eigenvalue weighted by Crippen LogP contribution is 2.19. The zero-order valence-corrected chi connectivity index (χ0v) is 6.71. The van der Waals surface area contributed by atoms with Gasteiger partial charge in [-0.3, -0.25) is 0 Å². The summed E-state index contributed by atoms with van der Waals surface area (Å²) < 4.78 is 5.62. The first-order valence-corrected chi connectivity index (χ1v) is 3.56. The number of halogens is 1. The van der Waals surface area contributed by atoms with E-state index in [0.29, 0.717) is 5.76 Å². The predicted octanol–water partition coefficient (Wildman–Crippen LogP) is 1.07. The van der Waals surface area contributed by atoms with Crippen LogP contribution in [-0.4, -0.2) is 16.8 Å². The predicted molar refractivity (Wildman–Crippen MR) is 38.5 cm³/mol. The standard InChI is InChI=1S/C6H7BrO3/c7-4-1-6(10-3-4)5(9)2-8/h1,3,5,8-9H,2H2. The van der Waals surface area contributed by atoms with E-state index in [9.17, 15) is 0 Å². The zero-order valence-electron chi connectivity index (χ0n) is 5.12. The van der Waals surface area contributed by atoms with Crippen LogP contribution in [0.4, 0.5) is 0 Å². The molecule has 0 amide bonds. The molecule has 0 aliphatic carbocycles. The van der Waals surface area contributed by atoms with Crippen LogP contribution >= 0.6 is 15.9 Å². The van der Waals surface area contributed by atoms with Crippen LogP contribution in [0.5, 0.6) is 0 Å². The number of rotatable bonds is 2. The largest absolute Gasteiger partial charge is 0.465 e. The fourth-order valence-electron chi connectivity index (χ4n) is 0.593. The molecule has 4 heteroatoms. The summed E-state index contributed by atoms with van der Waals surface area (Å²) in [5, 5.41) is 17.5. The van der Waals surface area contributed by atoms with Gasteiger partial charge < -0.3 is 14.6 Å². The van der Waals surface area contributed by atoms with Gasteiger partial charge in [0.15, 0.2) is 0 Å². The van der Waals surface area contributed by atoms with Crippen LogP contribution in [0.1, 0.15) is 11.9 Å². The molecule has 56 valence electrons. The third-order valence-electron chi connectivity index (χ3n) is 1.09. The SMILES string of the molecule is OCC(O)c1cc(Br)co1. The van der Waals surface area contributed by atoms with Crippen molar-refractivity contribution in [2.24, 2.45) is 0 Å². The minimum Gasteiger partial charge on any atom is -0.465 e. The molecule has 1 aromatic heterocycles. The van der Waals surface area contributed by atoms with Crippen molar-refractivity contribution >= 4 is 15.9 Å². The van der Waals surface area contributed by atoms with Gasteiger partial charge in [0.25, 0.3) is 0 Å².